The van der Waals surface area contributed by atoms with Gasteiger partial charge in [0.2, 0.25) is 5.16 Å². The highest BCUT2D eigenvalue weighted by molar-refractivity contribution is 9.10. The molecule has 0 radical (unpaired) electrons. The van der Waals surface area contributed by atoms with Crippen molar-refractivity contribution < 1.29 is 4.74 Å². The van der Waals surface area contributed by atoms with Gasteiger partial charge < -0.3 is 4.74 Å². The minimum atomic E-state index is 0.203. The number of halogens is 1. The Kier molecular flexibility index (Phi) is 7.39. The van der Waals surface area contributed by atoms with E-state index in [1.807, 2.05) is 77.6 Å². The van der Waals surface area contributed by atoms with Gasteiger partial charge in [0.25, 0.3) is 0 Å². The molecule has 0 saturated carbocycles. The molecule has 162 valence electrons. The van der Waals surface area contributed by atoms with Gasteiger partial charge in [-0.15, -0.1) is 10.2 Å². The summed E-state index contributed by atoms with van der Waals surface area (Å²) in [6.07, 6.45) is 1.82. The Labute approximate surface area is 200 Å². The van der Waals surface area contributed by atoms with E-state index >= 15 is 0 Å². The zero-order valence-electron chi connectivity index (χ0n) is 17.9. The molecule has 32 heavy (non-hydrogen) atoms. The summed E-state index contributed by atoms with van der Waals surface area (Å²) in [6.45, 7) is 4.18. The summed E-state index contributed by atoms with van der Waals surface area (Å²) in [4.78, 5) is 0. The third-order valence-corrected chi connectivity index (χ3v) is 6.11. The number of aromatic nitrogens is 3. The molecule has 3 aromatic carbocycles. The molecule has 0 spiro atoms. The first kappa shape index (κ1) is 22.3. The van der Waals surface area contributed by atoms with Crippen molar-refractivity contribution in [2.75, 3.05) is 0 Å². The van der Waals surface area contributed by atoms with Gasteiger partial charge in [0.15, 0.2) is 5.82 Å². The number of benzene rings is 3. The molecule has 7 heteroatoms. The lowest BCUT2D eigenvalue weighted by atomic mass is 10.2. The van der Waals surface area contributed by atoms with E-state index in [0.717, 1.165) is 38.3 Å². The molecule has 4 rings (SSSR count). The first-order valence-corrected chi connectivity index (χ1v) is 12.1. The third kappa shape index (κ3) is 5.87. The van der Waals surface area contributed by atoms with Crippen LogP contribution < -0.4 is 4.74 Å². The number of para-hydroxylation sites is 1. The first-order valence-electron chi connectivity index (χ1n) is 10.3. The lowest BCUT2D eigenvalue weighted by Crippen LogP contribution is -2.02. The third-order valence-electron chi connectivity index (χ3n) is 4.59. The molecule has 0 unspecified atom stereocenters. The predicted octanol–water partition coefficient (Wildman–Crippen LogP) is 7.13. The molecule has 0 fully saturated rings. The number of hydrogen-bond acceptors (Lipinski definition) is 5. The number of ether oxygens (including phenoxy) is 1. The van der Waals surface area contributed by atoms with Crippen molar-refractivity contribution in [3.8, 4) is 11.5 Å². The van der Waals surface area contributed by atoms with Crippen LogP contribution in [0.15, 0.2) is 93.6 Å². The van der Waals surface area contributed by atoms with Crippen LogP contribution in [0.25, 0.3) is 0 Å². The van der Waals surface area contributed by atoms with Crippen molar-refractivity contribution >= 4 is 33.9 Å². The monoisotopic (exact) mass is 506 g/mol. The number of hydrogen-bond donors (Lipinski definition) is 0. The molecule has 0 aliphatic rings. The second-order valence-electron chi connectivity index (χ2n) is 7.45. The largest absolute Gasteiger partial charge is 0.457 e. The van der Waals surface area contributed by atoms with Gasteiger partial charge >= 0.3 is 0 Å². The van der Waals surface area contributed by atoms with Gasteiger partial charge in [-0.1, -0.05) is 84.0 Å². The van der Waals surface area contributed by atoms with E-state index in [2.05, 4.69) is 52.1 Å². The molecular weight excluding hydrogens is 484 g/mol. The molecule has 1 heterocycles. The van der Waals surface area contributed by atoms with E-state index in [4.69, 9.17) is 9.84 Å². The van der Waals surface area contributed by atoms with Gasteiger partial charge in [-0.2, -0.15) is 9.78 Å². The normalized spacial score (nSPS) is 11.4. The van der Waals surface area contributed by atoms with Crippen molar-refractivity contribution in [2.24, 2.45) is 5.10 Å². The molecular formula is C25H23BrN4OS. The summed E-state index contributed by atoms with van der Waals surface area (Å²) in [5.74, 6) is 3.39. The van der Waals surface area contributed by atoms with Crippen LogP contribution >= 0.6 is 27.7 Å². The van der Waals surface area contributed by atoms with Crippen LogP contribution in [0.3, 0.4) is 0 Å². The van der Waals surface area contributed by atoms with Crippen molar-refractivity contribution in [2.45, 2.75) is 30.7 Å². The molecule has 0 amide bonds. The minimum absolute atomic E-state index is 0.203. The van der Waals surface area contributed by atoms with E-state index in [-0.39, 0.29) is 5.92 Å². The summed E-state index contributed by atoms with van der Waals surface area (Å²) >= 11 is 5.10. The Morgan fingerprint density at radius 1 is 0.969 bits per heavy atom. The van der Waals surface area contributed by atoms with Crippen LogP contribution in [0, 0.1) is 0 Å². The summed E-state index contributed by atoms with van der Waals surface area (Å²) in [7, 11) is 0. The van der Waals surface area contributed by atoms with Gasteiger partial charge in [0.1, 0.15) is 11.5 Å². The van der Waals surface area contributed by atoms with E-state index < -0.39 is 0 Å². The molecule has 0 N–H and O–H groups in total. The highest BCUT2D eigenvalue weighted by Gasteiger charge is 2.15. The van der Waals surface area contributed by atoms with Gasteiger partial charge in [-0.05, 0) is 47.5 Å². The predicted molar refractivity (Wildman–Crippen MR) is 134 cm³/mol. The summed E-state index contributed by atoms with van der Waals surface area (Å²) < 4.78 is 8.84. The Morgan fingerprint density at radius 3 is 2.47 bits per heavy atom. The molecule has 0 saturated heterocycles. The zero-order chi connectivity index (χ0) is 22.3. The van der Waals surface area contributed by atoms with Gasteiger partial charge in [0.05, 0.1) is 6.21 Å². The molecule has 0 bridgehead atoms. The second kappa shape index (κ2) is 10.6. The van der Waals surface area contributed by atoms with Crippen molar-refractivity contribution in [1.82, 2.24) is 14.9 Å². The maximum absolute atomic E-state index is 5.94. The molecule has 0 aliphatic carbocycles. The quantitative estimate of drug-likeness (QED) is 0.188. The van der Waals surface area contributed by atoms with Crippen LogP contribution in [0.1, 0.15) is 36.7 Å². The average Bonchev–Trinajstić information content (AvgIpc) is 3.21. The van der Waals surface area contributed by atoms with Crippen molar-refractivity contribution in [3.63, 3.8) is 0 Å². The fraction of sp³-hybridized carbons (Fsp3) is 0.160. The molecule has 5 nitrogen and oxygen atoms in total. The van der Waals surface area contributed by atoms with Crippen LogP contribution in [-0.2, 0) is 5.75 Å². The smallest absolute Gasteiger partial charge is 0.212 e. The molecule has 0 aliphatic heterocycles. The van der Waals surface area contributed by atoms with Gasteiger partial charge in [0, 0.05) is 16.1 Å². The number of thioether (sulfide) groups is 1. The highest BCUT2D eigenvalue weighted by atomic mass is 79.9. The van der Waals surface area contributed by atoms with E-state index in [0.29, 0.717) is 0 Å². The lowest BCUT2D eigenvalue weighted by molar-refractivity contribution is 0.482. The molecule has 4 aromatic rings. The van der Waals surface area contributed by atoms with E-state index in [9.17, 15) is 0 Å². The molecule has 0 atom stereocenters. The summed E-state index contributed by atoms with van der Waals surface area (Å²) in [6, 6.07) is 25.9. The maximum Gasteiger partial charge on any atom is 0.212 e. The standard InChI is InChI=1S/C25H23BrN4OS/c1-18(2)24-28-29-25(32-17-19-11-13-21(26)14-12-19)30(24)27-16-20-7-6-10-23(15-20)31-22-8-4-3-5-9-22/h3-16,18H,17H2,1-2H3/b27-16+. The summed E-state index contributed by atoms with van der Waals surface area (Å²) in [5, 5.41) is 14.2. The lowest BCUT2D eigenvalue weighted by Gasteiger charge is -2.08. The van der Waals surface area contributed by atoms with Crippen molar-refractivity contribution in [3.05, 3.63) is 100 Å². The maximum atomic E-state index is 5.94. The fourth-order valence-electron chi connectivity index (χ4n) is 2.97. The fourth-order valence-corrected chi connectivity index (χ4v) is 4.09. The molecule has 1 aromatic heterocycles. The van der Waals surface area contributed by atoms with Gasteiger partial charge in [-0.25, -0.2) is 0 Å². The Hall–Kier alpha value is -2.90. The average molecular weight is 507 g/mol. The van der Waals surface area contributed by atoms with E-state index in [1.54, 1.807) is 11.8 Å². The Morgan fingerprint density at radius 2 is 1.72 bits per heavy atom. The van der Waals surface area contributed by atoms with E-state index in [1.165, 1.54) is 5.56 Å². The highest BCUT2D eigenvalue weighted by Crippen LogP contribution is 2.26. The second-order valence-corrected chi connectivity index (χ2v) is 9.31. The van der Waals surface area contributed by atoms with Crippen LogP contribution in [0.5, 0.6) is 11.5 Å². The van der Waals surface area contributed by atoms with Crippen LogP contribution in [0.4, 0.5) is 0 Å². The SMILES string of the molecule is CC(C)c1nnc(SCc2ccc(Br)cc2)n1/N=C/c1cccc(Oc2ccccc2)c1. The topological polar surface area (TPSA) is 52.3 Å². The number of nitrogens with zero attached hydrogens (tertiary/aromatic N) is 4. The number of rotatable bonds is 8. The Balaban J connectivity index is 1.53. The first-order chi connectivity index (χ1) is 15.6. The summed E-state index contributed by atoms with van der Waals surface area (Å²) in [5.41, 5.74) is 2.15. The zero-order valence-corrected chi connectivity index (χ0v) is 20.3. The van der Waals surface area contributed by atoms with Gasteiger partial charge in [-0.3, -0.25) is 0 Å². The van der Waals surface area contributed by atoms with Crippen molar-refractivity contribution in [1.29, 1.82) is 0 Å². The van der Waals surface area contributed by atoms with Crippen LogP contribution in [-0.4, -0.2) is 21.1 Å². The minimum Gasteiger partial charge on any atom is -0.457 e. The van der Waals surface area contributed by atoms with Crippen LogP contribution in [0.2, 0.25) is 0 Å². The Bertz CT molecular complexity index is 1190.